The van der Waals surface area contributed by atoms with Gasteiger partial charge in [-0.3, -0.25) is 0 Å². The highest BCUT2D eigenvalue weighted by Gasteiger charge is 2.20. The maximum absolute atomic E-state index is 6.09. The van der Waals surface area contributed by atoms with Gasteiger partial charge in [-0.15, -0.1) is 11.3 Å². The standard InChI is InChI=1S/C17H17ClN4S/c1-17(2,12-5-3-6-13(18)9-12)21-10-14-11-23-16(22-14)15-19-7-4-8-20-15/h3-9,11,21H,10H2,1-2H3. The zero-order valence-electron chi connectivity index (χ0n) is 13.0. The molecule has 0 saturated heterocycles. The van der Waals surface area contributed by atoms with E-state index < -0.39 is 0 Å². The molecule has 23 heavy (non-hydrogen) atoms. The van der Waals surface area contributed by atoms with E-state index >= 15 is 0 Å². The summed E-state index contributed by atoms with van der Waals surface area (Å²) in [6.07, 6.45) is 3.45. The van der Waals surface area contributed by atoms with Crippen LogP contribution in [0.2, 0.25) is 5.02 Å². The zero-order valence-corrected chi connectivity index (χ0v) is 14.5. The Morgan fingerprint density at radius 2 is 1.96 bits per heavy atom. The fraction of sp³-hybridized carbons (Fsp3) is 0.235. The van der Waals surface area contributed by atoms with E-state index in [1.807, 2.05) is 23.6 Å². The van der Waals surface area contributed by atoms with Gasteiger partial charge in [0.2, 0.25) is 0 Å². The number of hydrogen-bond donors (Lipinski definition) is 1. The summed E-state index contributed by atoms with van der Waals surface area (Å²) in [7, 11) is 0. The first-order valence-electron chi connectivity index (χ1n) is 7.27. The van der Waals surface area contributed by atoms with Crippen LogP contribution < -0.4 is 5.32 Å². The SMILES string of the molecule is CC(C)(NCc1csc(-c2ncccn2)n1)c1cccc(Cl)c1. The maximum Gasteiger partial charge on any atom is 0.188 e. The number of thiazole rings is 1. The number of halogens is 1. The van der Waals surface area contributed by atoms with Crippen LogP contribution in [0, 0.1) is 0 Å². The molecule has 0 aliphatic heterocycles. The van der Waals surface area contributed by atoms with Crippen molar-refractivity contribution in [3.8, 4) is 10.8 Å². The van der Waals surface area contributed by atoms with Crippen molar-refractivity contribution in [3.05, 3.63) is 64.4 Å². The minimum Gasteiger partial charge on any atom is -0.302 e. The first-order valence-corrected chi connectivity index (χ1v) is 8.53. The predicted molar refractivity (Wildman–Crippen MR) is 94.5 cm³/mol. The van der Waals surface area contributed by atoms with Gasteiger partial charge in [0, 0.05) is 34.9 Å². The van der Waals surface area contributed by atoms with Crippen LogP contribution in [0.3, 0.4) is 0 Å². The molecule has 0 spiro atoms. The Kier molecular flexibility index (Phi) is 4.71. The highest BCUT2D eigenvalue weighted by Crippen LogP contribution is 2.24. The fourth-order valence-corrected chi connectivity index (χ4v) is 3.15. The smallest absolute Gasteiger partial charge is 0.188 e. The summed E-state index contributed by atoms with van der Waals surface area (Å²) in [5.74, 6) is 0.665. The zero-order chi connectivity index (χ0) is 16.3. The van der Waals surface area contributed by atoms with Gasteiger partial charge in [-0.2, -0.15) is 0 Å². The van der Waals surface area contributed by atoms with Crippen LogP contribution in [0.5, 0.6) is 0 Å². The van der Waals surface area contributed by atoms with Crippen molar-refractivity contribution in [3.63, 3.8) is 0 Å². The Bertz CT molecular complexity index is 786. The van der Waals surface area contributed by atoms with Crippen LogP contribution >= 0.6 is 22.9 Å². The third-order valence-corrected chi connectivity index (χ3v) is 4.69. The van der Waals surface area contributed by atoms with Crippen LogP contribution in [0.1, 0.15) is 25.1 Å². The molecule has 4 nitrogen and oxygen atoms in total. The quantitative estimate of drug-likeness (QED) is 0.750. The van der Waals surface area contributed by atoms with E-state index in [-0.39, 0.29) is 5.54 Å². The van der Waals surface area contributed by atoms with Crippen molar-refractivity contribution >= 4 is 22.9 Å². The lowest BCUT2D eigenvalue weighted by molar-refractivity contribution is 0.399. The molecule has 0 fully saturated rings. The van der Waals surface area contributed by atoms with Gasteiger partial charge in [-0.25, -0.2) is 15.0 Å². The highest BCUT2D eigenvalue weighted by molar-refractivity contribution is 7.13. The Balaban J connectivity index is 1.70. The lowest BCUT2D eigenvalue weighted by Gasteiger charge is -2.27. The van der Waals surface area contributed by atoms with E-state index in [1.165, 1.54) is 0 Å². The van der Waals surface area contributed by atoms with Crippen molar-refractivity contribution in [2.24, 2.45) is 0 Å². The number of rotatable bonds is 5. The van der Waals surface area contributed by atoms with Gasteiger partial charge in [0.05, 0.1) is 5.69 Å². The number of benzene rings is 1. The molecule has 0 aliphatic carbocycles. The lowest BCUT2D eigenvalue weighted by atomic mass is 9.94. The van der Waals surface area contributed by atoms with Crippen LogP contribution in [-0.2, 0) is 12.1 Å². The molecule has 0 atom stereocenters. The third-order valence-electron chi connectivity index (χ3n) is 3.57. The van der Waals surface area contributed by atoms with Gasteiger partial charge in [-0.1, -0.05) is 23.7 Å². The summed E-state index contributed by atoms with van der Waals surface area (Å²) in [5, 5.41) is 7.14. The van der Waals surface area contributed by atoms with E-state index in [0.717, 1.165) is 21.3 Å². The molecule has 2 aromatic heterocycles. The summed E-state index contributed by atoms with van der Waals surface area (Å²) in [4.78, 5) is 13.1. The van der Waals surface area contributed by atoms with Crippen molar-refractivity contribution in [2.75, 3.05) is 0 Å². The molecule has 0 radical (unpaired) electrons. The number of nitrogens with one attached hydrogen (secondary N) is 1. The Morgan fingerprint density at radius 3 is 2.70 bits per heavy atom. The summed E-state index contributed by atoms with van der Waals surface area (Å²) in [6, 6.07) is 9.71. The van der Waals surface area contributed by atoms with E-state index in [1.54, 1.807) is 29.8 Å². The second-order valence-electron chi connectivity index (χ2n) is 5.71. The van der Waals surface area contributed by atoms with Crippen LogP contribution in [0.25, 0.3) is 10.8 Å². The van der Waals surface area contributed by atoms with Crippen LogP contribution in [0.15, 0.2) is 48.1 Å². The number of hydrogen-bond acceptors (Lipinski definition) is 5. The lowest BCUT2D eigenvalue weighted by Crippen LogP contribution is -2.36. The second kappa shape index (κ2) is 6.74. The number of nitrogens with zero attached hydrogens (tertiary/aromatic N) is 3. The second-order valence-corrected chi connectivity index (χ2v) is 7.00. The predicted octanol–water partition coefficient (Wildman–Crippen LogP) is 4.28. The van der Waals surface area contributed by atoms with Gasteiger partial charge < -0.3 is 5.32 Å². The van der Waals surface area contributed by atoms with Crippen molar-refractivity contribution < 1.29 is 0 Å². The largest absolute Gasteiger partial charge is 0.302 e. The van der Waals surface area contributed by atoms with Gasteiger partial charge >= 0.3 is 0 Å². The average molecular weight is 345 g/mol. The molecular formula is C17H17ClN4S. The van der Waals surface area contributed by atoms with Gasteiger partial charge in [0.25, 0.3) is 0 Å². The summed E-state index contributed by atoms with van der Waals surface area (Å²) >= 11 is 7.64. The van der Waals surface area contributed by atoms with Gasteiger partial charge in [-0.05, 0) is 37.6 Å². The molecule has 3 rings (SSSR count). The van der Waals surface area contributed by atoms with Gasteiger partial charge in [0.15, 0.2) is 10.8 Å². The van der Waals surface area contributed by atoms with Gasteiger partial charge in [0.1, 0.15) is 0 Å². The molecule has 0 aliphatic rings. The molecule has 3 aromatic rings. The molecule has 0 unspecified atom stereocenters. The van der Waals surface area contributed by atoms with Crippen molar-refractivity contribution in [2.45, 2.75) is 25.9 Å². The molecule has 1 N–H and O–H groups in total. The average Bonchev–Trinajstić information content (AvgIpc) is 3.03. The minimum absolute atomic E-state index is 0.197. The minimum atomic E-state index is -0.197. The summed E-state index contributed by atoms with van der Waals surface area (Å²) in [6.45, 7) is 4.93. The summed E-state index contributed by atoms with van der Waals surface area (Å²) < 4.78 is 0. The Morgan fingerprint density at radius 1 is 1.17 bits per heavy atom. The first-order chi connectivity index (χ1) is 11.0. The van der Waals surface area contributed by atoms with Crippen LogP contribution in [0.4, 0.5) is 0 Å². The molecule has 0 bridgehead atoms. The topological polar surface area (TPSA) is 50.7 Å². The van der Waals surface area contributed by atoms with Crippen molar-refractivity contribution in [1.29, 1.82) is 0 Å². The number of aromatic nitrogens is 3. The molecule has 1 aromatic carbocycles. The van der Waals surface area contributed by atoms with E-state index in [9.17, 15) is 0 Å². The Hall–Kier alpha value is -1.82. The van der Waals surface area contributed by atoms with Crippen molar-refractivity contribution in [1.82, 2.24) is 20.3 Å². The highest BCUT2D eigenvalue weighted by atomic mass is 35.5. The molecule has 0 amide bonds. The molecule has 118 valence electrons. The third kappa shape index (κ3) is 3.93. The molecule has 2 heterocycles. The fourth-order valence-electron chi connectivity index (χ4n) is 2.19. The maximum atomic E-state index is 6.09. The van der Waals surface area contributed by atoms with E-state index in [2.05, 4.69) is 40.2 Å². The molecule has 0 saturated carbocycles. The first kappa shape index (κ1) is 16.1. The van der Waals surface area contributed by atoms with Crippen LogP contribution in [-0.4, -0.2) is 15.0 Å². The molecule has 6 heteroatoms. The van der Waals surface area contributed by atoms with E-state index in [0.29, 0.717) is 12.4 Å². The van der Waals surface area contributed by atoms with E-state index in [4.69, 9.17) is 11.6 Å². The normalized spacial score (nSPS) is 11.6. The Labute approximate surface area is 144 Å². The molecular weight excluding hydrogens is 328 g/mol. The monoisotopic (exact) mass is 344 g/mol. The summed E-state index contributed by atoms with van der Waals surface area (Å²) in [5.41, 5.74) is 1.93.